The number of nitrogens with zero attached hydrogens (tertiary/aromatic N) is 2. The van der Waals surface area contributed by atoms with Gasteiger partial charge in [0, 0.05) is 12.4 Å². The summed E-state index contributed by atoms with van der Waals surface area (Å²) in [5.74, 6) is -1.32. The minimum absolute atomic E-state index is 0.0853. The summed E-state index contributed by atoms with van der Waals surface area (Å²) in [6.45, 7) is 3.33. The summed E-state index contributed by atoms with van der Waals surface area (Å²) in [5, 5.41) is 13.9. The van der Waals surface area contributed by atoms with Crippen LogP contribution in [0, 0.1) is 0 Å². The summed E-state index contributed by atoms with van der Waals surface area (Å²) in [4.78, 5) is 28.0. The normalized spacial score (nSPS) is 10.4. The van der Waals surface area contributed by atoms with Crippen molar-refractivity contribution in [1.29, 1.82) is 0 Å². The Kier molecular flexibility index (Phi) is 3.64. The number of rotatable bonds is 3. The van der Waals surface area contributed by atoms with Gasteiger partial charge in [0.2, 0.25) is 5.91 Å². The van der Waals surface area contributed by atoms with E-state index >= 15 is 0 Å². The number of hydrogen-bond acceptors (Lipinski definition) is 4. The number of benzene rings is 2. The summed E-state index contributed by atoms with van der Waals surface area (Å²) >= 11 is 0. The van der Waals surface area contributed by atoms with Crippen LogP contribution in [-0.2, 0) is 4.79 Å². The first-order valence-corrected chi connectivity index (χ1v) is 6.82. The molecular weight excluding hydrogens is 294 g/mol. The minimum atomic E-state index is -0.620. The molecule has 0 saturated heterocycles. The molecule has 0 aliphatic heterocycles. The second-order valence-corrected chi connectivity index (χ2v) is 4.83. The van der Waals surface area contributed by atoms with Crippen molar-refractivity contribution in [2.24, 2.45) is 0 Å². The first-order valence-electron chi connectivity index (χ1n) is 6.82. The van der Waals surface area contributed by atoms with Crippen molar-refractivity contribution >= 4 is 22.6 Å². The van der Waals surface area contributed by atoms with E-state index in [9.17, 15) is 14.7 Å². The molecule has 0 aliphatic rings. The second-order valence-electron chi connectivity index (χ2n) is 4.83. The molecule has 0 unspecified atom stereocenters. The Morgan fingerprint density at radius 1 is 1.30 bits per heavy atom. The Labute approximate surface area is 131 Å². The monoisotopic (exact) mass is 307 g/mol. The SMILES string of the molecule is C=CC(=O)NC(=O)c1c(-n2ccnc2)c(O)cc2ccccc12. The van der Waals surface area contributed by atoms with Crippen LogP contribution in [0.25, 0.3) is 16.5 Å². The molecule has 0 bridgehead atoms. The first kappa shape index (κ1) is 14.5. The minimum Gasteiger partial charge on any atom is -0.506 e. The van der Waals surface area contributed by atoms with Gasteiger partial charge < -0.3 is 9.67 Å². The predicted octanol–water partition coefficient (Wildman–Crippen LogP) is 2.17. The first-order chi connectivity index (χ1) is 11.1. The number of phenols is 1. The highest BCUT2D eigenvalue weighted by Gasteiger charge is 2.21. The van der Waals surface area contributed by atoms with Gasteiger partial charge in [0.05, 0.1) is 11.9 Å². The van der Waals surface area contributed by atoms with E-state index in [-0.39, 0.29) is 17.0 Å². The Morgan fingerprint density at radius 2 is 2.09 bits per heavy atom. The molecule has 0 saturated carbocycles. The summed E-state index contributed by atoms with van der Waals surface area (Å²) in [6, 6.07) is 8.68. The van der Waals surface area contributed by atoms with Crippen LogP contribution >= 0.6 is 0 Å². The third-order valence-electron chi connectivity index (χ3n) is 3.41. The number of nitrogens with one attached hydrogen (secondary N) is 1. The molecule has 0 fully saturated rings. The van der Waals surface area contributed by atoms with Crippen LogP contribution in [0.15, 0.2) is 61.7 Å². The van der Waals surface area contributed by atoms with E-state index in [1.807, 2.05) is 0 Å². The number of aromatic nitrogens is 2. The van der Waals surface area contributed by atoms with Crippen LogP contribution in [0.5, 0.6) is 5.75 Å². The lowest BCUT2D eigenvalue weighted by Gasteiger charge is -2.14. The molecule has 0 aliphatic carbocycles. The van der Waals surface area contributed by atoms with Gasteiger partial charge in [0.1, 0.15) is 11.4 Å². The number of carbonyl (C=O) groups is 2. The number of imidazole rings is 1. The molecular formula is C17H13N3O3. The lowest BCUT2D eigenvalue weighted by Crippen LogP contribution is -2.29. The van der Waals surface area contributed by atoms with Crippen molar-refractivity contribution in [3.63, 3.8) is 0 Å². The smallest absolute Gasteiger partial charge is 0.261 e. The zero-order valence-electron chi connectivity index (χ0n) is 12.1. The molecule has 114 valence electrons. The zero-order valence-corrected chi connectivity index (χ0v) is 12.1. The van der Waals surface area contributed by atoms with Crippen molar-refractivity contribution in [1.82, 2.24) is 14.9 Å². The number of imide groups is 1. The van der Waals surface area contributed by atoms with Gasteiger partial charge in [-0.1, -0.05) is 30.8 Å². The van der Waals surface area contributed by atoms with Crippen LogP contribution in [0.4, 0.5) is 0 Å². The highest BCUT2D eigenvalue weighted by molar-refractivity contribution is 6.16. The third kappa shape index (κ3) is 2.57. The van der Waals surface area contributed by atoms with E-state index in [0.717, 1.165) is 6.08 Å². The molecule has 2 N–H and O–H groups in total. The fraction of sp³-hybridized carbons (Fsp3) is 0. The Balaban J connectivity index is 2.31. The number of carbonyl (C=O) groups excluding carboxylic acids is 2. The van der Waals surface area contributed by atoms with E-state index in [1.54, 1.807) is 36.5 Å². The van der Waals surface area contributed by atoms with Gasteiger partial charge >= 0.3 is 0 Å². The molecule has 6 heteroatoms. The van der Waals surface area contributed by atoms with Crippen molar-refractivity contribution in [2.45, 2.75) is 0 Å². The van der Waals surface area contributed by atoms with Gasteiger partial charge in [0.15, 0.2) is 0 Å². The Morgan fingerprint density at radius 3 is 2.78 bits per heavy atom. The lowest BCUT2D eigenvalue weighted by molar-refractivity contribution is -0.115. The maximum atomic E-state index is 12.6. The number of amides is 2. The van der Waals surface area contributed by atoms with E-state index in [0.29, 0.717) is 10.8 Å². The van der Waals surface area contributed by atoms with Crippen LogP contribution in [0.1, 0.15) is 10.4 Å². The van der Waals surface area contributed by atoms with Gasteiger partial charge in [-0.25, -0.2) is 4.98 Å². The van der Waals surface area contributed by atoms with E-state index in [1.165, 1.54) is 17.1 Å². The molecule has 1 heterocycles. The van der Waals surface area contributed by atoms with Gasteiger partial charge in [0.25, 0.3) is 5.91 Å². The molecule has 1 aromatic heterocycles. The molecule has 0 radical (unpaired) electrons. The van der Waals surface area contributed by atoms with Crippen LogP contribution < -0.4 is 5.32 Å². The van der Waals surface area contributed by atoms with Gasteiger partial charge in [-0.05, 0) is 22.9 Å². The Hall–Kier alpha value is -3.41. The van der Waals surface area contributed by atoms with E-state index in [2.05, 4.69) is 16.9 Å². The largest absolute Gasteiger partial charge is 0.506 e. The van der Waals surface area contributed by atoms with E-state index in [4.69, 9.17) is 0 Å². The molecule has 3 aromatic rings. The third-order valence-corrected chi connectivity index (χ3v) is 3.41. The lowest BCUT2D eigenvalue weighted by atomic mass is 10.0. The summed E-state index contributed by atoms with van der Waals surface area (Å²) < 4.78 is 1.52. The van der Waals surface area contributed by atoms with Crippen LogP contribution in [0.2, 0.25) is 0 Å². The average Bonchev–Trinajstić information content (AvgIpc) is 3.07. The second kappa shape index (κ2) is 5.76. The van der Waals surface area contributed by atoms with Crippen molar-refractivity contribution in [2.75, 3.05) is 0 Å². The topological polar surface area (TPSA) is 84.2 Å². The molecule has 2 amide bonds. The predicted molar refractivity (Wildman–Crippen MR) is 85.4 cm³/mol. The number of aromatic hydroxyl groups is 1. The van der Waals surface area contributed by atoms with Crippen molar-refractivity contribution in [3.05, 3.63) is 67.3 Å². The number of fused-ring (bicyclic) bond motifs is 1. The maximum Gasteiger partial charge on any atom is 0.261 e. The fourth-order valence-electron chi connectivity index (χ4n) is 2.43. The van der Waals surface area contributed by atoms with Gasteiger partial charge in [-0.2, -0.15) is 0 Å². The molecule has 0 atom stereocenters. The summed E-state index contributed by atoms with van der Waals surface area (Å²) in [5.41, 5.74) is 0.448. The van der Waals surface area contributed by atoms with Crippen LogP contribution in [-0.4, -0.2) is 26.5 Å². The quantitative estimate of drug-likeness (QED) is 0.726. The van der Waals surface area contributed by atoms with Crippen molar-refractivity contribution in [3.8, 4) is 11.4 Å². The number of hydrogen-bond donors (Lipinski definition) is 2. The molecule has 6 nitrogen and oxygen atoms in total. The fourth-order valence-corrected chi connectivity index (χ4v) is 2.43. The van der Waals surface area contributed by atoms with Gasteiger partial charge in [-0.3, -0.25) is 14.9 Å². The standard InChI is InChI=1S/C17H13N3O3/c1-2-14(22)19-17(23)15-12-6-4-3-5-11(12)9-13(21)16(15)20-8-7-18-10-20/h2-10,21H,1H2,(H,19,22,23). The number of phenolic OH excluding ortho intramolecular Hbond substituents is 1. The average molecular weight is 307 g/mol. The van der Waals surface area contributed by atoms with Gasteiger partial charge in [-0.15, -0.1) is 0 Å². The summed E-state index contributed by atoms with van der Waals surface area (Å²) in [6.07, 6.45) is 5.62. The van der Waals surface area contributed by atoms with E-state index < -0.39 is 11.8 Å². The Bertz CT molecular complexity index is 914. The molecule has 3 rings (SSSR count). The molecule has 0 spiro atoms. The molecule has 2 aromatic carbocycles. The maximum absolute atomic E-state index is 12.6. The summed E-state index contributed by atoms with van der Waals surface area (Å²) in [7, 11) is 0. The van der Waals surface area contributed by atoms with Crippen LogP contribution in [0.3, 0.4) is 0 Å². The zero-order chi connectivity index (χ0) is 16.4. The highest BCUT2D eigenvalue weighted by atomic mass is 16.3. The highest BCUT2D eigenvalue weighted by Crippen LogP contribution is 2.33. The molecule has 23 heavy (non-hydrogen) atoms. The van der Waals surface area contributed by atoms with Crippen molar-refractivity contribution < 1.29 is 14.7 Å².